The summed E-state index contributed by atoms with van der Waals surface area (Å²) in [5, 5.41) is 4.22. The number of nitrogens with zero attached hydrogens (tertiary/aromatic N) is 1. The molecule has 0 aliphatic rings. The second-order valence-corrected chi connectivity index (χ2v) is 5.08. The molecule has 0 aromatic heterocycles. The molecule has 0 spiro atoms. The molecule has 3 aromatic rings. The van der Waals surface area contributed by atoms with Crippen LogP contribution >= 0.6 is 0 Å². The Morgan fingerprint density at radius 2 is 1.43 bits per heavy atom. The molecule has 114 valence electrons. The average Bonchev–Trinajstić information content (AvgIpc) is 2.63. The van der Waals surface area contributed by atoms with E-state index in [0.29, 0.717) is 6.61 Å². The van der Waals surface area contributed by atoms with Crippen molar-refractivity contribution < 1.29 is 4.74 Å². The maximum atomic E-state index is 5.75. The number of ether oxygens (including phenoxy) is 1. The number of benzene rings is 3. The van der Waals surface area contributed by atoms with Gasteiger partial charge in [-0.25, -0.2) is 0 Å². The zero-order chi connectivity index (χ0) is 15.7. The molecule has 0 saturated carbocycles. The minimum Gasteiger partial charge on any atom is -0.489 e. The zero-order valence-corrected chi connectivity index (χ0v) is 12.7. The lowest BCUT2D eigenvalue weighted by atomic mass is 10.2. The molecule has 23 heavy (non-hydrogen) atoms. The van der Waals surface area contributed by atoms with Gasteiger partial charge >= 0.3 is 0 Å². The standard InChI is InChI=1S/C20H18N2O/c1-3-7-17(8-4-1)15-21-22-19-11-13-20(14-12-19)23-16-18-9-5-2-6-10-18/h1-15,22H,16H2/b21-15+. The van der Waals surface area contributed by atoms with Crippen molar-refractivity contribution in [1.29, 1.82) is 0 Å². The van der Waals surface area contributed by atoms with E-state index >= 15 is 0 Å². The van der Waals surface area contributed by atoms with E-state index in [1.54, 1.807) is 6.21 Å². The minimum atomic E-state index is 0.569. The Labute approximate surface area is 136 Å². The van der Waals surface area contributed by atoms with Crippen molar-refractivity contribution in [3.05, 3.63) is 96.1 Å². The first kappa shape index (κ1) is 14.9. The van der Waals surface area contributed by atoms with E-state index in [1.807, 2.05) is 84.9 Å². The molecule has 3 aromatic carbocycles. The van der Waals surface area contributed by atoms with Crippen molar-refractivity contribution in [3.63, 3.8) is 0 Å². The van der Waals surface area contributed by atoms with Gasteiger partial charge in [0.25, 0.3) is 0 Å². The Bertz CT molecular complexity index is 738. The van der Waals surface area contributed by atoms with E-state index in [0.717, 1.165) is 22.6 Å². The van der Waals surface area contributed by atoms with Gasteiger partial charge < -0.3 is 4.74 Å². The molecule has 0 amide bonds. The summed E-state index contributed by atoms with van der Waals surface area (Å²) in [6.45, 7) is 0.569. The smallest absolute Gasteiger partial charge is 0.119 e. The molecule has 0 radical (unpaired) electrons. The fourth-order valence-electron chi connectivity index (χ4n) is 2.09. The highest BCUT2D eigenvalue weighted by molar-refractivity contribution is 5.80. The number of hydrogen-bond donors (Lipinski definition) is 1. The van der Waals surface area contributed by atoms with Gasteiger partial charge in [0.2, 0.25) is 0 Å². The van der Waals surface area contributed by atoms with E-state index in [4.69, 9.17) is 4.74 Å². The highest BCUT2D eigenvalue weighted by Crippen LogP contribution is 2.17. The first-order valence-electron chi connectivity index (χ1n) is 7.51. The van der Waals surface area contributed by atoms with Gasteiger partial charge in [-0.15, -0.1) is 0 Å². The summed E-state index contributed by atoms with van der Waals surface area (Å²) in [4.78, 5) is 0. The number of hydrazone groups is 1. The van der Waals surface area contributed by atoms with Crippen LogP contribution in [0, 0.1) is 0 Å². The van der Waals surface area contributed by atoms with E-state index in [9.17, 15) is 0 Å². The van der Waals surface area contributed by atoms with Crippen molar-refractivity contribution in [2.24, 2.45) is 5.10 Å². The van der Waals surface area contributed by atoms with Gasteiger partial charge in [0.15, 0.2) is 0 Å². The van der Waals surface area contributed by atoms with E-state index in [2.05, 4.69) is 10.5 Å². The van der Waals surface area contributed by atoms with Crippen LogP contribution in [0.3, 0.4) is 0 Å². The van der Waals surface area contributed by atoms with Crippen LogP contribution in [0.25, 0.3) is 0 Å². The maximum Gasteiger partial charge on any atom is 0.119 e. The van der Waals surface area contributed by atoms with E-state index in [1.165, 1.54) is 0 Å². The second kappa shape index (κ2) is 7.80. The summed E-state index contributed by atoms with van der Waals surface area (Å²) in [6.07, 6.45) is 1.79. The summed E-state index contributed by atoms with van der Waals surface area (Å²) in [5.41, 5.74) is 6.14. The third-order valence-corrected chi connectivity index (χ3v) is 3.31. The molecule has 3 nitrogen and oxygen atoms in total. The van der Waals surface area contributed by atoms with Crippen LogP contribution < -0.4 is 10.2 Å². The van der Waals surface area contributed by atoms with Crippen LogP contribution in [0.4, 0.5) is 5.69 Å². The number of rotatable bonds is 6. The highest BCUT2D eigenvalue weighted by Gasteiger charge is 1.96. The van der Waals surface area contributed by atoms with E-state index < -0.39 is 0 Å². The number of anilines is 1. The topological polar surface area (TPSA) is 33.6 Å². The summed E-state index contributed by atoms with van der Waals surface area (Å²) < 4.78 is 5.75. The van der Waals surface area contributed by atoms with E-state index in [-0.39, 0.29) is 0 Å². The normalized spacial score (nSPS) is 10.6. The lowest BCUT2D eigenvalue weighted by molar-refractivity contribution is 0.306. The Morgan fingerprint density at radius 3 is 2.13 bits per heavy atom. The maximum absolute atomic E-state index is 5.75. The molecule has 0 aliphatic heterocycles. The Balaban J connectivity index is 1.52. The quantitative estimate of drug-likeness (QED) is 0.528. The van der Waals surface area contributed by atoms with Crippen LogP contribution in [0.5, 0.6) is 5.75 Å². The summed E-state index contributed by atoms with van der Waals surface area (Å²) in [7, 11) is 0. The van der Waals surface area contributed by atoms with Crippen molar-refractivity contribution in [1.82, 2.24) is 0 Å². The van der Waals surface area contributed by atoms with Gasteiger partial charge in [-0.1, -0.05) is 60.7 Å². The van der Waals surface area contributed by atoms with Crippen molar-refractivity contribution in [3.8, 4) is 5.75 Å². The Hall–Kier alpha value is -3.07. The molecule has 0 fully saturated rings. The molecule has 0 atom stereocenters. The molecule has 3 heteroatoms. The second-order valence-electron chi connectivity index (χ2n) is 5.08. The average molecular weight is 302 g/mol. The summed E-state index contributed by atoms with van der Waals surface area (Å²) in [6, 6.07) is 27.9. The largest absolute Gasteiger partial charge is 0.489 e. The molecule has 3 rings (SSSR count). The molecule has 1 N–H and O–H groups in total. The lowest BCUT2D eigenvalue weighted by Gasteiger charge is -2.07. The monoisotopic (exact) mass is 302 g/mol. The third kappa shape index (κ3) is 4.71. The van der Waals surface area contributed by atoms with Gasteiger partial charge in [0, 0.05) is 0 Å². The number of hydrogen-bond acceptors (Lipinski definition) is 3. The third-order valence-electron chi connectivity index (χ3n) is 3.31. The highest BCUT2D eigenvalue weighted by atomic mass is 16.5. The predicted molar refractivity (Wildman–Crippen MR) is 94.9 cm³/mol. The predicted octanol–water partition coefficient (Wildman–Crippen LogP) is 4.71. The van der Waals surface area contributed by atoms with Gasteiger partial charge in [-0.2, -0.15) is 5.10 Å². The SMILES string of the molecule is C(=N\Nc1ccc(OCc2ccccc2)cc1)/c1ccccc1. The van der Waals surface area contributed by atoms with Crippen LogP contribution in [-0.2, 0) is 6.61 Å². The molecular formula is C20H18N2O. The fraction of sp³-hybridized carbons (Fsp3) is 0.0500. The van der Waals surface area contributed by atoms with Crippen LogP contribution in [-0.4, -0.2) is 6.21 Å². The molecule has 0 aliphatic carbocycles. The molecule has 0 bridgehead atoms. The first-order valence-corrected chi connectivity index (χ1v) is 7.51. The fourth-order valence-corrected chi connectivity index (χ4v) is 2.09. The Morgan fingerprint density at radius 1 is 0.783 bits per heavy atom. The lowest BCUT2D eigenvalue weighted by Crippen LogP contribution is -1.95. The van der Waals surface area contributed by atoms with Crippen LogP contribution in [0.1, 0.15) is 11.1 Å². The summed E-state index contributed by atoms with van der Waals surface area (Å²) in [5.74, 6) is 0.839. The first-order chi connectivity index (χ1) is 11.4. The van der Waals surface area contributed by atoms with Crippen molar-refractivity contribution in [2.45, 2.75) is 6.61 Å². The van der Waals surface area contributed by atoms with Crippen molar-refractivity contribution in [2.75, 3.05) is 5.43 Å². The Kier molecular flexibility index (Phi) is 5.04. The van der Waals surface area contributed by atoms with Gasteiger partial charge in [-0.05, 0) is 35.4 Å². The molecular weight excluding hydrogens is 284 g/mol. The van der Waals surface area contributed by atoms with Crippen LogP contribution in [0.2, 0.25) is 0 Å². The zero-order valence-electron chi connectivity index (χ0n) is 12.7. The van der Waals surface area contributed by atoms with Gasteiger partial charge in [0.05, 0.1) is 11.9 Å². The van der Waals surface area contributed by atoms with Gasteiger partial charge in [0.1, 0.15) is 12.4 Å². The van der Waals surface area contributed by atoms with Crippen molar-refractivity contribution >= 4 is 11.9 Å². The molecule has 0 saturated heterocycles. The molecule has 0 unspecified atom stereocenters. The summed E-state index contributed by atoms with van der Waals surface area (Å²) >= 11 is 0. The number of nitrogens with one attached hydrogen (secondary N) is 1. The minimum absolute atomic E-state index is 0.569. The molecule has 0 heterocycles. The van der Waals surface area contributed by atoms with Gasteiger partial charge in [-0.3, -0.25) is 5.43 Å². The van der Waals surface area contributed by atoms with Crippen LogP contribution in [0.15, 0.2) is 90.0 Å².